The maximum Gasteiger partial charge on any atom is 0.150 e. The summed E-state index contributed by atoms with van der Waals surface area (Å²) in [6.45, 7) is 0. The van der Waals surface area contributed by atoms with Crippen molar-refractivity contribution in [1.29, 1.82) is 0 Å². The van der Waals surface area contributed by atoms with E-state index in [2.05, 4.69) is 0 Å². The first-order chi connectivity index (χ1) is 14.7. The molecule has 5 aromatic rings. The zero-order valence-corrected chi connectivity index (χ0v) is 16.2. The number of benzene rings is 5. The average molecular weight is 392 g/mol. The summed E-state index contributed by atoms with van der Waals surface area (Å²) in [5, 5.41) is 3.74. The van der Waals surface area contributed by atoms with Crippen molar-refractivity contribution in [2.75, 3.05) is 11.5 Å². The summed E-state index contributed by atoms with van der Waals surface area (Å²) in [6.07, 6.45) is 0. The van der Waals surface area contributed by atoms with Crippen LogP contribution in [0, 0.1) is 0 Å². The maximum absolute atomic E-state index is 6.36. The molecule has 146 valence electrons. The minimum Gasteiger partial charge on any atom is -0.454 e. The highest BCUT2D eigenvalue weighted by Gasteiger charge is 2.18. The molecule has 4 N–H and O–H groups in total. The summed E-state index contributed by atoms with van der Waals surface area (Å²) in [6, 6.07) is 31.0. The Morgan fingerprint density at radius 2 is 0.700 bits per heavy atom. The number of rotatable bonds is 4. The molecule has 30 heavy (non-hydrogen) atoms. The molecule has 0 bridgehead atoms. The van der Waals surface area contributed by atoms with Gasteiger partial charge in [-0.25, -0.2) is 0 Å². The first-order valence-electron chi connectivity index (χ1n) is 9.70. The molecule has 0 saturated carbocycles. The fourth-order valence-corrected chi connectivity index (χ4v) is 3.64. The van der Waals surface area contributed by atoms with Gasteiger partial charge >= 0.3 is 0 Å². The minimum atomic E-state index is 0.586. The Bertz CT molecular complexity index is 1220. The van der Waals surface area contributed by atoms with Crippen molar-refractivity contribution in [2.45, 2.75) is 0 Å². The second-order valence-corrected chi connectivity index (χ2v) is 7.03. The third-order valence-corrected chi connectivity index (χ3v) is 5.09. The van der Waals surface area contributed by atoms with Gasteiger partial charge in [0.15, 0.2) is 0 Å². The van der Waals surface area contributed by atoms with E-state index in [-0.39, 0.29) is 0 Å². The molecule has 0 aromatic heterocycles. The Kier molecular flexibility index (Phi) is 4.37. The van der Waals surface area contributed by atoms with Crippen molar-refractivity contribution in [3.63, 3.8) is 0 Å². The number of anilines is 2. The number of nitrogens with two attached hydrogens (primary N) is 2. The lowest BCUT2D eigenvalue weighted by atomic mass is 10.0. The molecule has 5 aromatic carbocycles. The number of ether oxygens (including phenoxy) is 2. The number of hydrogen-bond donors (Lipinski definition) is 2. The Labute approximate surface area is 174 Å². The van der Waals surface area contributed by atoms with Crippen LogP contribution in [-0.2, 0) is 0 Å². The molecule has 0 fully saturated rings. The van der Waals surface area contributed by atoms with Crippen LogP contribution in [0.3, 0.4) is 0 Å². The van der Waals surface area contributed by atoms with E-state index in [0.717, 1.165) is 33.0 Å². The van der Waals surface area contributed by atoms with Gasteiger partial charge in [-0.15, -0.1) is 0 Å². The Morgan fingerprint density at radius 3 is 1.03 bits per heavy atom. The first kappa shape index (κ1) is 17.9. The highest BCUT2D eigenvalue weighted by molar-refractivity contribution is 6.11. The predicted octanol–water partition coefficient (Wildman–Crippen LogP) is 6.74. The van der Waals surface area contributed by atoms with Crippen molar-refractivity contribution in [1.82, 2.24) is 0 Å². The van der Waals surface area contributed by atoms with E-state index in [0.29, 0.717) is 22.9 Å². The molecule has 4 heteroatoms. The average Bonchev–Trinajstić information content (AvgIpc) is 2.78. The van der Waals surface area contributed by atoms with Gasteiger partial charge in [0.05, 0.1) is 11.4 Å². The van der Waals surface area contributed by atoms with E-state index in [1.165, 1.54) is 0 Å². The standard InChI is InChI=1S/C26H20N2O2/c27-21-13-5-7-15-23(21)29-25-17-9-1-2-10-18(17)26(20-12-4-3-11-19(20)25)30-24-16-8-6-14-22(24)28/h1-16H,27-28H2. The lowest BCUT2D eigenvalue weighted by Crippen LogP contribution is -1.96. The molecule has 5 rings (SSSR count). The van der Waals surface area contributed by atoms with Gasteiger partial charge < -0.3 is 20.9 Å². The Morgan fingerprint density at radius 1 is 0.400 bits per heavy atom. The van der Waals surface area contributed by atoms with Crippen molar-refractivity contribution in [3.8, 4) is 23.0 Å². The van der Waals surface area contributed by atoms with Crippen molar-refractivity contribution in [3.05, 3.63) is 97.1 Å². The molecular formula is C26H20N2O2. The van der Waals surface area contributed by atoms with Crippen LogP contribution in [-0.4, -0.2) is 0 Å². The van der Waals surface area contributed by atoms with Crippen LogP contribution < -0.4 is 20.9 Å². The van der Waals surface area contributed by atoms with Crippen molar-refractivity contribution < 1.29 is 9.47 Å². The van der Waals surface area contributed by atoms with Crippen LogP contribution in [0.2, 0.25) is 0 Å². The van der Waals surface area contributed by atoms with Crippen molar-refractivity contribution >= 4 is 32.9 Å². The maximum atomic E-state index is 6.36. The zero-order valence-electron chi connectivity index (χ0n) is 16.2. The van der Waals surface area contributed by atoms with Crippen LogP contribution in [0.1, 0.15) is 0 Å². The Balaban J connectivity index is 1.78. The van der Waals surface area contributed by atoms with Crippen LogP contribution >= 0.6 is 0 Å². The third kappa shape index (κ3) is 3.05. The van der Waals surface area contributed by atoms with Gasteiger partial charge in [-0.05, 0) is 24.3 Å². The summed E-state index contributed by atoms with van der Waals surface area (Å²) in [7, 11) is 0. The lowest BCUT2D eigenvalue weighted by molar-refractivity contribution is 0.488. The van der Waals surface area contributed by atoms with Gasteiger partial charge in [0.25, 0.3) is 0 Å². The highest BCUT2D eigenvalue weighted by atomic mass is 16.5. The second kappa shape index (κ2) is 7.33. The van der Waals surface area contributed by atoms with Gasteiger partial charge in [0, 0.05) is 21.5 Å². The molecule has 0 spiro atoms. The molecule has 0 heterocycles. The van der Waals surface area contributed by atoms with Gasteiger partial charge in [-0.3, -0.25) is 0 Å². The largest absolute Gasteiger partial charge is 0.454 e. The van der Waals surface area contributed by atoms with E-state index in [1.807, 2.05) is 97.1 Å². The smallest absolute Gasteiger partial charge is 0.150 e. The third-order valence-electron chi connectivity index (χ3n) is 5.09. The molecule has 0 aliphatic carbocycles. The van der Waals surface area contributed by atoms with Crippen LogP contribution in [0.15, 0.2) is 97.1 Å². The molecule has 0 unspecified atom stereocenters. The summed E-state index contributed by atoms with van der Waals surface area (Å²) < 4.78 is 12.7. The van der Waals surface area contributed by atoms with E-state index in [4.69, 9.17) is 20.9 Å². The molecule has 0 atom stereocenters. The number of hydrogen-bond acceptors (Lipinski definition) is 4. The van der Waals surface area contributed by atoms with Crippen LogP contribution in [0.4, 0.5) is 11.4 Å². The van der Waals surface area contributed by atoms with Gasteiger partial charge in [-0.2, -0.15) is 0 Å². The fourth-order valence-electron chi connectivity index (χ4n) is 3.64. The summed E-state index contributed by atoms with van der Waals surface area (Å²) in [4.78, 5) is 0. The SMILES string of the molecule is Nc1ccccc1Oc1c2ccccc2c(Oc2ccccc2N)c2ccccc12. The quantitative estimate of drug-likeness (QED) is 0.262. The molecule has 0 aliphatic rings. The summed E-state index contributed by atoms with van der Waals surface area (Å²) in [5.74, 6) is 2.72. The zero-order chi connectivity index (χ0) is 20.5. The molecule has 0 amide bonds. The van der Waals surface area contributed by atoms with Crippen molar-refractivity contribution in [2.24, 2.45) is 0 Å². The number of nitrogen functional groups attached to an aromatic ring is 2. The first-order valence-corrected chi connectivity index (χ1v) is 9.70. The van der Waals surface area contributed by atoms with Gasteiger partial charge in [-0.1, -0.05) is 72.8 Å². The molecule has 0 saturated heterocycles. The monoisotopic (exact) mass is 392 g/mol. The van der Waals surface area contributed by atoms with Crippen LogP contribution in [0.25, 0.3) is 21.5 Å². The number of para-hydroxylation sites is 4. The molecule has 4 nitrogen and oxygen atoms in total. The van der Waals surface area contributed by atoms with Gasteiger partial charge in [0.2, 0.25) is 0 Å². The minimum absolute atomic E-state index is 0.586. The summed E-state index contributed by atoms with van der Waals surface area (Å²) in [5.41, 5.74) is 13.5. The summed E-state index contributed by atoms with van der Waals surface area (Å²) >= 11 is 0. The predicted molar refractivity (Wildman–Crippen MR) is 123 cm³/mol. The molecule has 0 radical (unpaired) electrons. The second-order valence-electron chi connectivity index (χ2n) is 7.03. The lowest BCUT2D eigenvalue weighted by Gasteiger charge is -2.18. The molecular weight excluding hydrogens is 372 g/mol. The van der Waals surface area contributed by atoms with E-state index < -0.39 is 0 Å². The van der Waals surface area contributed by atoms with Crippen LogP contribution in [0.5, 0.6) is 23.0 Å². The Hall–Kier alpha value is -4.18. The highest BCUT2D eigenvalue weighted by Crippen LogP contribution is 2.46. The van der Waals surface area contributed by atoms with Gasteiger partial charge in [0.1, 0.15) is 23.0 Å². The normalized spacial score (nSPS) is 10.9. The molecule has 0 aliphatic heterocycles. The van der Waals surface area contributed by atoms with E-state index in [9.17, 15) is 0 Å². The fraction of sp³-hybridized carbons (Fsp3) is 0. The van der Waals surface area contributed by atoms with E-state index >= 15 is 0 Å². The topological polar surface area (TPSA) is 70.5 Å². The van der Waals surface area contributed by atoms with E-state index in [1.54, 1.807) is 0 Å². The number of fused-ring (bicyclic) bond motifs is 2.